The van der Waals surface area contributed by atoms with Crippen molar-refractivity contribution in [1.82, 2.24) is 19.6 Å². The lowest BCUT2D eigenvalue weighted by molar-refractivity contribution is 0.618. The monoisotopic (exact) mass is 290 g/mol. The lowest BCUT2D eigenvalue weighted by Gasteiger charge is -2.08. The molecule has 6 heteroatoms. The molecule has 1 aromatic carbocycles. The Morgan fingerprint density at radius 2 is 1.90 bits per heavy atom. The van der Waals surface area contributed by atoms with Gasteiger partial charge >= 0.3 is 0 Å². The molecule has 0 N–H and O–H groups in total. The smallest absolute Gasteiger partial charge is 0.199 e. The average molecular weight is 291 g/mol. The third-order valence-electron chi connectivity index (χ3n) is 3.39. The first kappa shape index (κ1) is 13.0. The molecule has 102 valence electrons. The van der Waals surface area contributed by atoms with E-state index in [1.54, 1.807) is 19.1 Å². The van der Waals surface area contributed by atoms with Crippen LogP contribution in [0.4, 0.5) is 4.39 Å². The normalized spacial score (nSPS) is 11.2. The topological polar surface area (TPSA) is 43.1 Å². The predicted molar refractivity (Wildman–Crippen MR) is 75.4 cm³/mol. The van der Waals surface area contributed by atoms with Gasteiger partial charge in [0.15, 0.2) is 16.6 Å². The van der Waals surface area contributed by atoms with E-state index in [1.165, 1.54) is 6.07 Å². The van der Waals surface area contributed by atoms with Crippen LogP contribution in [0.2, 0.25) is 5.15 Å². The van der Waals surface area contributed by atoms with Gasteiger partial charge in [-0.05, 0) is 44.5 Å². The Bertz CT molecular complexity index is 826. The maximum atomic E-state index is 13.4. The molecular formula is C14H12ClFN4. The Kier molecular flexibility index (Phi) is 2.94. The molecule has 0 saturated heterocycles. The molecular weight excluding hydrogens is 279 g/mol. The summed E-state index contributed by atoms with van der Waals surface area (Å²) >= 11 is 6.10. The molecule has 0 aliphatic carbocycles. The molecule has 2 aromatic heterocycles. The summed E-state index contributed by atoms with van der Waals surface area (Å²) in [5.41, 5.74) is 3.58. The van der Waals surface area contributed by atoms with Crippen LogP contribution < -0.4 is 0 Å². The van der Waals surface area contributed by atoms with Gasteiger partial charge in [0.2, 0.25) is 0 Å². The van der Waals surface area contributed by atoms with E-state index < -0.39 is 0 Å². The van der Waals surface area contributed by atoms with Gasteiger partial charge in [0, 0.05) is 11.3 Å². The highest BCUT2D eigenvalue weighted by molar-refractivity contribution is 6.32. The van der Waals surface area contributed by atoms with Gasteiger partial charge in [-0.25, -0.2) is 9.37 Å². The van der Waals surface area contributed by atoms with E-state index in [4.69, 9.17) is 11.6 Å². The fourth-order valence-electron chi connectivity index (χ4n) is 2.15. The maximum absolute atomic E-state index is 13.4. The van der Waals surface area contributed by atoms with Gasteiger partial charge < -0.3 is 0 Å². The Morgan fingerprint density at radius 1 is 1.15 bits per heavy atom. The Labute approximate surface area is 120 Å². The summed E-state index contributed by atoms with van der Waals surface area (Å²) in [6.45, 7) is 5.52. The molecule has 0 atom stereocenters. The van der Waals surface area contributed by atoms with E-state index in [0.717, 1.165) is 17.0 Å². The molecule has 0 bridgehead atoms. The van der Waals surface area contributed by atoms with Crippen LogP contribution in [0.3, 0.4) is 0 Å². The number of hydrogen-bond acceptors (Lipinski definition) is 3. The minimum Gasteiger partial charge on any atom is -0.275 e. The molecule has 0 amide bonds. The number of aromatic nitrogens is 4. The molecule has 20 heavy (non-hydrogen) atoms. The number of benzene rings is 1. The standard InChI is InChI=1S/C14H12ClFN4/c1-7-6-10(4-5-11(7)16)13-18-19-14-12(15)17-8(2)9(3)20(13)14/h4-6H,1-3H3. The summed E-state index contributed by atoms with van der Waals surface area (Å²) < 4.78 is 15.2. The van der Waals surface area contributed by atoms with E-state index >= 15 is 0 Å². The van der Waals surface area contributed by atoms with Crippen LogP contribution in [0.15, 0.2) is 18.2 Å². The largest absolute Gasteiger partial charge is 0.275 e. The van der Waals surface area contributed by atoms with E-state index in [2.05, 4.69) is 15.2 Å². The van der Waals surface area contributed by atoms with Crippen LogP contribution in [0, 0.1) is 26.6 Å². The minimum absolute atomic E-state index is 0.241. The highest BCUT2D eigenvalue weighted by atomic mass is 35.5. The molecule has 2 heterocycles. The Balaban J connectivity index is 2.34. The van der Waals surface area contributed by atoms with Gasteiger partial charge in [-0.3, -0.25) is 4.40 Å². The summed E-state index contributed by atoms with van der Waals surface area (Å²) in [5.74, 6) is 0.392. The minimum atomic E-state index is -0.241. The first-order chi connectivity index (χ1) is 9.49. The van der Waals surface area contributed by atoms with Gasteiger partial charge in [0.05, 0.1) is 5.69 Å². The second-order valence-corrected chi connectivity index (χ2v) is 5.08. The van der Waals surface area contributed by atoms with E-state index in [0.29, 0.717) is 22.2 Å². The number of hydrogen-bond donors (Lipinski definition) is 0. The number of fused-ring (bicyclic) bond motifs is 1. The quantitative estimate of drug-likeness (QED) is 0.689. The average Bonchev–Trinajstić information content (AvgIpc) is 2.85. The van der Waals surface area contributed by atoms with Gasteiger partial charge in [0.25, 0.3) is 0 Å². The summed E-state index contributed by atoms with van der Waals surface area (Å²) in [6.07, 6.45) is 0. The van der Waals surface area contributed by atoms with Crippen molar-refractivity contribution in [3.05, 3.63) is 46.1 Å². The highest BCUT2D eigenvalue weighted by Crippen LogP contribution is 2.25. The molecule has 0 aliphatic heterocycles. The Hall–Kier alpha value is -2.01. The third-order valence-corrected chi connectivity index (χ3v) is 3.64. The van der Waals surface area contributed by atoms with Gasteiger partial charge in [-0.1, -0.05) is 11.6 Å². The van der Waals surface area contributed by atoms with Crippen molar-refractivity contribution < 1.29 is 4.39 Å². The van der Waals surface area contributed by atoms with Crippen LogP contribution in [0.25, 0.3) is 17.0 Å². The number of nitrogens with zero attached hydrogens (tertiary/aromatic N) is 4. The lowest BCUT2D eigenvalue weighted by Crippen LogP contribution is -2.01. The molecule has 0 aliphatic rings. The van der Waals surface area contributed by atoms with Crippen molar-refractivity contribution in [2.45, 2.75) is 20.8 Å². The SMILES string of the molecule is Cc1cc(-c2nnc3c(Cl)nc(C)c(C)n23)ccc1F. The van der Waals surface area contributed by atoms with Gasteiger partial charge in [-0.15, -0.1) is 10.2 Å². The summed E-state index contributed by atoms with van der Waals surface area (Å²) in [5, 5.41) is 8.55. The molecule has 0 fully saturated rings. The van der Waals surface area contributed by atoms with Crippen LogP contribution in [-0.2, 0) is 0 Å². The zero-order valence-electron chi connectivity index (χ0n) is 11.3. The van der Waals surface area contributed by atoms with Crippen LogP contribution in [0.5, 0.6) is 0 Å². The molecule has 4 nitrogen and oxygen atoms in total. The second-order valence-electron chi connectivity index (χ2n) is 4.72. The van der Waals surface area contributed by atoms with Gasteiger partial charge in [0.1, 0.15) is 5.82 Å². The van der Waals surface area contributed by atoms with Crippen LogP contribution in [-0.4, -0.2) is 19.6 Å². The van der Waals surface area contributed by atoms with Crippen molar-refractivity contribution in [1.29, 1.82) is 0 Å². The van der Waals surface area contributed by atoms with Crippen molar-refractivity contribution in [3.63, 3.8) is 0 Å². The number of aryl methyl sites for hydroxylation is 3. The third kappa shape index (κ3) is 1.86. The molecule has 0 saturated carbocycles. The van der Waals surface area contributed by atoms with E-state index in [1.807, 2.05) is 18.2 Å². The number of halogens is 2. The van der Waals surface area contributed by atoms with Crippen molar-refractivity contribution >= 4 is 17.2 Å². The van der Waals surface area contributed by atoms with Crippen LogP contribution >= 0.6 is 11.6 Å². The molecule has 3 aromatic rings. The zero-order valence-corrected chi connectivity index (χ0v) is 12.0. The molecule has 3 rings (SSSR count). The predicted octanol–water partition coefficient (Wildman–Crippen LogP) is 3.51. The van der Waals surface area contributed by atoms with Crippen molar-refractivity contribution in [3.8, 4) is 11.4 Å². The lowest BCUT2D eigenvalue weighted by atomic mass is 10.1. The van der Waals surface area contributed by atoms with E-state index in [9.17, 15) is 4.39 Å². The fourth-order valence-corrected chi connectivity index (χ4v) is 2.40. The maximum Gasteiger partial charge on any atom is 0.199 e. The summed E-state index contributed by atoms with van der Waals surface area (Å²) in [4.78, 5) is 4.22. The number of rotatable bonds is 1. The molecule has 0 unspecified atom stereocenters. The summed E-state index contributed by atoms with van der Waals surface area (Å²) in [6, 6.07) is 4.85. The van der Waals surface area contributed by atoms with Gasteiger partial charge in [-0.2, -0.15) is 0 Å². The second kappa shape index (κ2) is 4.52. The fraction of sp³-hybridized carbons (Fsp3) is 0.214. The molecule has 0 spiro atoms. The first-order valence-electron chi connectivity index (χ1n) is 6.13. The highest BCUT2D eigenvalue weighted by Gasteiger charge is 2.15. The van der Waals surface area contributed by atoms with Crippen molar-refractivity contribution in [2.24, 2.45) is 0 Å². The first-order valence-corrected chi connectivity index (χ1v) is 6.51. The Morgan fingerprint density at radius 3 is 2.60 bits per heavy atom. The van der Waals surface area contributed by atoms with Crippen molar-refractivity contribution in [2.75, 3.05) is 0 Å². The van der Waals surface area contributed by atoms with Crippen LogP contribution in [0.1, 0.15) is 17.0 Å². The van der Waals surface area contributed by atoms with E-state index in [-0.39, 0.29) is 5.82 Å². The zero-order chi connectivity index (χ0) is 14.4. The summed E-state index contributed by atoms with van der Waals surface area (Å²) in [7, 11) is 0. The molecule has 0 radical (unpaired) electrons.